The van der Waals surface area contributed by atoms with Crippen molar-refractivity contribution in [1.29, 1.82) is 0 Å². The number of pyridine rings is 2. The number of nitrogens with one attached hydrogen (secondary N) is 2. The normalized spacial score (nSPS) is 11.8. The first kappa shape index (κ1) is 22.7. The summed E-state index contributed by atoms with van der Waals surface area (Å²) in [6, 6.07) is 20.3. The summed E-state index contributed by atoms with van der Waals surface area (Å²) in [5.41, 5.74) is 5.87. The third kappa shape index (κ3) is 5.46. The standard InChI is InChI=1S/C27H28N4OS/c1-18-12-19(2)25-23(13-18)14-24(26(32)30-25)17-31(16-21-8-7-11-28-15-21)27(33)29-20(3)22-9-5-4-6-10-22/h4-15,20H,16-17H2,1-3H3,(H,29,33)(H,30,32)/t20-/m1/s1. The Labute approximate surface area is 199 Å². The molecule has 2 aromatic carbocycles. The van der Waals surface area contributed by atoms with Crippen LogP contribution in [0.2, 0.25) is 0 Å². The number of hydrogen-bond donors (Lipinski definition) is 2. The minimum absolute atomic E-state index is 0.0373. The Hall–Kier alpha value is -3.51. The van der Waals surface area contributed by atoms with E-state index in [0.29, 0.717) is 23.8 Å². The molecule has 4 rings (SSSR count). The molecule has 1 atom stereocenters. The fourth-order valence-corrected chi connectivity index (χ4v) is 4.37. The average Bonchev–Trinajstić information content (AvgIpc) is 2.81. The van der Waals surface area contributed by atoms with Gasteiger partial charge in [-0.1, -0.05) is 48.0 Å². The highest BCUT2D eigenvalue weighted by Crippen LogP contribution is 2.19. The molecule has 0 saturated heterocycles. The van der Waals surface area contributed by atoms with Crippen molar-refractivity contribution in [1.82, 2.24) is 20.2 Å². The summed E-state index contributed by atoms with van der Waals surface area (Å²) < 4.78 is 0. The highest BCUT2D eigenvalue weighted by atomic mass is 32.1. The Balaban J connectivity index is 1.64. The van der Waals surface area contributed by atoms with E-state index in [1.807, 2.05) is 54.4 Å². The summed E-state index contributed by atoms with van der Waals surface area (Å²) in [6.45, 7) is 7.10. The summed E-state index contributed by atoms with van der Waals surface area (Å²) >= 11 is 5.81. The average molecular weight is 457 g/mol. The Bertz CT molecular complexity index is 1320. The van der Waals surface area contributed by atoms with E-state index in [9.17, 15) is 4.79 Å². The van der Waals surface area contributed by atoms with Crippen LogP contribution in [-0.2, 0) is 13.1 Å². The van der Waals surface area contributed by atoms with Crippen molar-refractivity contribution in [2.24, 2.45) is 0 Å². The molecule has 0 aliphatic rings. The van der Waals surface area contributed by atoms with Gasteiger partial charge in [0.15, 0.2) is 5.11 Å². The number of aryl methyl sites for hydroxylation is 2. The number of fused-ring (bicyclic) bond motifs is 1. The molecule has 5 nitrogen and oxygen atoms in total. The lowest BCUT2D eigenvalue weighted by Crippen LogP contribution is -2.41. The van der Waals surface area contributed by atoms with Gasteiger partial charge < -0.3 is 15.2 Å². The maximum Gasteiger partial charge on any atom is 0.253 e. The van der Waals surface area contributed by atoms with Crippen LogP contribution < -0.4 is 10.9 Å². The van der Waals surface area contributed by atoms with E-state index in [2.05, 4.69) is 53.4 Å². The van der Waals surface area contributed by atoms with Crippen molar-refractivity contribution in [3.8, 4) is 0 Å². The predicted molar refractivity (Wildman–Crippen MR) is 138 cm³/mol. The molecule has 0 aliphatic carbocycles. The molecule has 0 amide bonds. The summed E-state index contributed by atoms with van der Waals surface area (Å²) in [4.78, 5) is 22.3. The molecule has 0 saturated carbocycles. The number of aromatic nitrogens is 2. The van der Waals surface area contributed by atoms with Crippen molar-refractivity contribution in [2.45, 2.75) is 39.9 Å². The first-order valence-corrected chi connectivity index (χ1v) is 11.4. The van der Waals surface area contributed by atoms with Crippen LogP contribution in [0.1, 0.15) is 40.8 Å². The lowest BCUT2D eigenvalue weighted by Gasteiger charge is -2.28. The molecular formula is C27H28N4OS. The highest BCUT2D eigenvalue weighted by Gasteiger charge is 2.17. The third-order valence-electron chi connectivity index (χ3n) is 5.75. The predicted octanol–water partition coefficient (Wildman–Crippen LogP) is 5.18. The maximum absolute atomic E-state index is 13.0. The van der Waals surface area contributed by atoms with Crippen LogP contribution in [0.15, 0.2) is 77.9 Å². The van der Waals surface area contributed by atoms with Crippen LogP contribution in [0, 0.1) is 13.8 Å². The largest absolute Gasteiger partial charge is 0.356 e. The molecule has 0 spiro atoms. The Morgan fingerprint density at radius 1 is 1.09 bits per heavy atom. The zero-order valence-corrected chi connectivity index (χ0v) is 19.9. The lowest BCUT2D eigenvalue weighted by atomic mass is 10.1. The van der Waals surface area contributed by atoms with Gasteiger partial charge in [0.05, 0.1) is 18.1 Å². The topological polar surface area (TPSA) is 61.0 Å². The van der Waals surface area contributed by atoms with Gasteiger partial charge in [-0.15, -0.1) is 0 Å². The molecule has 0 radical (unpaired) electrons. The quantitative estimate of drug-likeness (QED) is 0.392. The van der Waals surface area contributed by atoms with Gasteiger partial charge in [0.1, 0.15) is 0 Å². The summed E-state index contributed by atoms with van der Waals surface area (Å²) in [7, 11) is 0. The second kappa shape index (κ2) is 9.96. The Kier molecular flexibility index (Phi) is 6.84. The summed E-state index contributed by atoms with van der Waals surface area (Å²) in [5.74, 6) is 0. The minimum atomic E-state index is -0.0930. The monoisotopic (exact) mass is 456 g/mol. The SMILES string of the molecule is Cc1cc(C)c2[nH]c(=O)c(CN(Cc3cccnc3)C(=S)N[C@H](C)c3ccccc3)cc2c1. The van der Waals surface area contributed by atoms with E-state index < -0.39 is 0 Å². The summed E-state index contributed by atoms with van der Waals surface area (Å²) in [5, 5.41) is 5.06. The molecule has 33 heavy (non-hydrogen) atoms. The molecule has 4 aromatic rings. The van der Waals surface area contributed by atoms with Crippen LogP contribution in [0.5, 0.6) is 0 Å². The van der Waals surface area contributed by atoms with Gasteiger partial charge in [-0.2, -0.15) is 0 Å². The second-order valence-corrected chi connectivity index (χ2v) is 8.86. The molecule has 2 aromatic heterocycles. The molecule has 0 bridgehead atoms. The Morgan fingerprint density at radius 2 is 1.88 bits per heavy atom. The molecule has 0 aliphatic heterocycles. The first-order chi connectivity index (χ1) is 15.9. The number of H-pyrrole nitrogens is 1. The molecule has 2 heterocycles. The molecule has 0 fully saturated rings. The van der Waals surface area contributed by atoms with E-state index in [-0.39, 0.29) is 11.6 Å². The van der Waals surface area contributed by atoms with Crippen molar-refractivity contribution in [3.63, 3.8) is 0 Å². The van der Waals surface area contributed by atoms with E-state index >= 15 is 0 Å². The van der Waals surface area contributed by atoms with Crippen molar-refractivity contribution >= 4 is 28.2 Å². The Morgan fingerprint density at radius 3 is 2.61 bits per heavy atom. The highest BCUT2D eigenvalue weighted by molar-refractivity contribution is 7.80. The van der Waals surface area contributed by atoms with Gasteiger partial charge in [0.25, 0.3) is 5.56 Å². The molecular weight excluding hydrogens is 428 g/mol. The number of nitrogens with zero attached hydrogens (tertiary/aromatic N) is 2. The number of rotatable bonds is 6. The van der Waals surface area contributed by atoms with Gasteiger partial charge in [0, 0.05) is 24.5 Å². The summed E-state index contributed by atoms with van der Waals surface area (Å²) in [6.07, 6.45) is 3.58. The zero-order chi connectivity index (χ0) is 23.4. The molecule has 0 unspecified atom stereocenters. The van der Waals surface area contributed by atoms with Crippen LogP contribution in [0.3, 0.4) is 0 Å². The second-order valence-electron chi connectivity index (χ2n) is 8.47. The lowest BCUT2D eigenvalue weighted by molar-refractivity contribution is 0.391. The van der Waals surface area contributed by atoms with Crippen LogP contribution in [0.25, 0.3) is 10.9 Å². The zero-order valence-electron chi connectivity index (χ0n) is 19.1. The van der Waals surface area contributed by atoms with E-state index in [4.69, 9.17) is 12.2 Å². The smallest absolute Gasteiger partial charge is 0.253 e. The van der Waals surface area contributed by atoms with Crippen molar-refractivity contribution in [2.75, 3.05) is 0 Å². The maximum atomic E-state index is 13.0. The van der Waals surface area contributed by atoms with Gasteiger partial charge >= 0.3 is 0 Å². The van der Waals surface area contributed by atoms with Gasteiger partial charge in [-0.3, -0.25) is 9.78 Å². The number of aromatic amines is 1. The van der Waals surface area contributed by atoms with Gasteiger partial charge in [-0.05, 0) is 73.3 Å². The van der Waals surface area contributed by atoms with Gasteiger partial charge in [0.2, 0.25) is 0 Å². The molecule has 6 heteroatoms. The van der Waals surface area contributed by atoms with E-state index in [0.717, 1.165) is 27.6 Å². The van der Waals surface area contributed by atoms with E-state index in [1.165, 1.54) is 5.56 Å². The van der Waals surface area contributed by atoms with Crippen LogP contribution in [-0.4, -0.2) is 20.0 Å². The molecule has 2 N–H and O–H groups in total. The van der Waals surface area contributed by atoms with Gasteiger partial charge in [-0.25, -0.2) is 0 Å². The van der Waals surface area contributed by atoms with Crippen molar-refractivity contribution < 1.29 is 0 Å². The van der Waals surface area contributed by atoms with Crippen LogP contribution in [0.4, 0.5) is 0 Å². The fraction of sp³-hybridized carbons (Fsp3) is 0.222. The number of hydrogen-bond acceptors (Lipinski definition) is 3. The van der Waals surface area contributed by atoms with Crippen molar-refractivity contribution in [3.05, 3.63) is 111 Å². The first-order valence-electron chi connectivity index (χ1n) is 11.0. The van der Waals surface area contributed by atoms with E-state index in [1.54, 1.807) is 6.20 Å². The molecule has 168 valence electrons. The van der Waals surface area contributed by atoms with Crippen LogP contribution >= 0.6 is 12.2 Å². The number of thiocarbonyl (C=S) groups is 1. The number of benzene rings is 2. The minimum Gasteiger partial charge on any atom is -0.356 e. The fourth-order valence-electron chi connectivity index (χ4n) is 4.07. The third-order valence-corrected chi connectivity index (χ3v) is 6.13.